The van der Waals surface area contributed by atoms with Crippen LogP contribution < -0.4 is 4.74 Å². The molecule has 4 nitrogen and oxygen atoms in total. The number of halogens is 1. The summed E-state index contributed by atoms with van der Waals surface area (Å²) >= 11 is 3.59. The molecule has 1 aromatic carbocycles. The van der Waals surface area contributed by atoms with Crippen LogP contribution in [0.3, 0.4) is 0 Å². The molecule has 0 N–H and O–H groups in total. The van der Waals surface area contributed by atoms with Gasteiger partial charge in [-0.25, -0.2) is 9.98 Å². The molecule has 0 saturated heterocycles. The minimum absolute atomic E-state index is 0.139. The summed E-state index contributed by atoms with van der Waals surface area (Å²) in [5, 5.41) is 0. The van der Waals surface area contributed by atoms with E-state index in [0.717, 1.165) is 35.2 Å². The summed E-state index contributed by atoms with van der Waals surface area (Å²) in [5.41, 5.74) is 5.87. The molecule has 1 atom stereocenters. The number of ether oxygens (including phenoxy) is 1. The SMILES string of the molecule is CCN(C)C=Nc1cc(Br)c(OC2Cc3cccc(C)c3C2)nc1C. The van der Waals surface area contributed by atoms with Crippen LogP contribution in [0.5, 0.6) is 5.88 Å². The first-order valence-corrected chi connectivity index (χ1v) is 9.42. The Morgan fingerprint density at radius 1 is 1.36 bits per heavy atom. The van der Waals surface area contributed by atoms with Gasteiger partial charge >= 0.3 is 0 Å². The first kappa shape index (κ1) is 17.9. The minimum Gasteiger partial charge on any atom is -0.473 e. The summed E-state index contributed by atoms with van der Waals surface area (Å²) in [6.45, 7) is 7.14. The molecule has 0 amide bonds. The lowest BCUT2D eigenvalue weighted by molar-refractivity contribution is 0.203. The summed E-state index contributed by atoms with van der Waals surface area (Å²) in [5.74, 6) is 0.649. The molecule has 3 rings (SSSR count). The largest absolute Gasteiger partial charge is 0.473 e. The molecule has 0 radical (unpaired) electrons. The molecule has 0 spiro atoms. The van der Waals surface area contributed by atoms with Crippen molar-refractivity contribution in [3.63, 3.8) is 0 Å². The molecule has 0 bridgehead atoms. The van der Waals surface area contributed by atoms with Crippen LogP contribution in [-0.4, -0.2) is 35.9 Å². The van der Waals surface area contributed by atoms with Crippen molar-refractivity contribution in [2.24, 2.45) is 4.99 Å². The van der Waals surface area contributed by atoms with Crippen molar-refractivity contribution < 1.29 is 4.74 Å². The molecule has 2 aromatic rings. The molecule has 1 aromatic heterocycles. The molecule has 1 heterocycles. The van der Waals surface area contributed by atoms with Gasteiger partial charge in [0.1, 0.15) is 6.10 Å². The first-order valence-electron chi connectivity index (χ1n) is 8.63. The van der Waals surface area contributed by atoms with Crippen molar-refractivity contribution in [2.75, 3.05) is 13.6 Å². The number of hydrogen-bond donors (Lipinski definition) is 0. The Morgan fingerprint density at radius 3 is 2.88 bits per heavy atom. The minimum atomic E-state index is 0.139. The van der Waals surface area contributed by atoms with Gasteiger partial charge in [-0.05, 0) is 59.5 Å². The third-order valence-electron chi connectivity index (χ3n) is 4.67. The zero-order valence-electron chi connectivity index (χ0n) is 15.2. The van der Waals surface area contributed by atoms with Gasteiger partial charge in [-0.15, -0.1) is 0 Å². The molecule has 0 aliphatic heterocycles. The number of hydrogen-bond acceptors (Lipinski definition) is 3. The van der Waals surface area contributed by atoms with E-state index >= 15 is 0 Å². The van der Waals surface area contributed by atoms with Gasteiger partial charge in [0.2, 0.25) is 5.88 Å². The Bertz CT molecular complexity index is 804. The fourth-order valence-electron chi connectivity index (χ4n) is 3.04. The highest BCUT2D eigenvalue weighted by Crippen LogP contribution is 2.33. The molecule has 132 valence electrons. The molecule has 0 fully saturated rings. The Hall–Kier alpha value is -1.88. The number of nitrogens with zero attached hydrogens (tertiary/aromatic N) is 3. The number of aliphatic imine (C=N–C) groups is 1. The van der Waals surface area contributed by atoms with Crippen LogP contribution >= 0.6 is 15.9 Å². The molecule has 25 heavy (non-hydrogen) atoms. The van der Waals surface area contributed by atoms with Gasteiger partial charge in [-0.2, -0.15) is 0 Å². The van der Waals surface area contributed by atoms with E-state index in [0.29, 0.717) is 5.88 Å². The summed E-state index contributed by atoms with van der Waals surface area (Å²) in [6, 6.07) is 8.46. The van der Waals surface area contributed by atoms with E-state index in [4.69, 9.17) is 4.74 Å². The van der Waals surface area contributed by atoms with E-state index in [1.54, 1.807) is 0 Å². The van der Waals surface area contributed by atoms with Crippen LogP contribution in [0.15, 0.2) is 33.7 Å². The maximum atomic E-state index is 6.21. The van der Waals surface area contributed by atoms with E-state index in [2.05, 4.69) is 58.0 Å². The van der Waals surface area contributed by atoms with Crippen molar-refractivity contribution in [1.29, 1.82) is 0 Å². The molecular formula is C20H24BrN3O. The first-order chi connectivity index (χ1) is 12.0. The second-order valence-electron chi connectivity index (χ2n) is 6.56. The quantitative estimate of drug-likeness (QED) is 0.541. The van der Waals surface area contributed by atoms with Crippen molar-refractivity contribution >= 4 is 28.0 Å². The third kappa shape index (κ3) is 4.03. The number of aromatic nitrogens is 1. The topological polar surface area (TPSA) is 37.7 Å². The highest BCUT2D eigenvalue weighted by atomic mass is 79.9. The van der Waals surface area contributed by atoms with Crippen molar-refractivity contribution in [1.82, 2.24) is 9.88 Å². The summed E-state index contributed by atoms with van der Waals surface area (Å²) in [6.07, 6.45) is 3.84. The van der Waals surface area contributed by atoms with Crippen molar-refractivity contribution in [3.05, 3.63) is 51.1 Å². The van der Waals surface area contributed by atoms with Gasteiger partial charge in [0.05, 0.1) is 22.2 Å². The van der Waals surface area contributed by atoms with Crippen LogP contribution in [0.4, 0.5) is 5.69 Å². The maximum absolute atomic E-state index is 6.21. The van der Waals surface area contributed by atoms with Gasteiger partial charge in [-0.3, -0.25) is 0 Å². The summed E-state index contributed by atoms with van der Waals surface area (Å²) < 4.78 is 7.05. The second kappa shape index (κ2) is 7.56. The number of fused-ring (bicyclic) bond motifs is 1. The summed E-state index contributed by atoms with van der Waals surface area (Å²) in [7, 11) is 2.00. The average molecular weight is 402 g/mol. The van der Waals surface area contributed by atoms with Crippen molar-refractivity contribution in [2.45, 2.75) is 39.7 Å². The predicted molar refractivity (Wildman–Crippen MR) is 106 cm³/mol. The number of rotatable bonds is 5. The second-order valence-corrected chi connectivity index (χ2v) is 7.41. The zero-order chi connectivity index (χ0) is 18.0. The van der Waals surface area contributed by atoms with E-state index in [-0.39, 0.29) is 6.10 Å². The monoisotopic (exact) mass is 401 g/mol. The van der Waals surface area contributed by atoms with Crippen LogP contribution in [-0.2, 0) is 12.8 Å². The Labute approximate surface area is 158 Å². The van der Waals surface area contributed by atoms with Crippen LogP contribution in [0, 0.1) is 13.8 Å². The number of pyridine rings is 1. The van der Waals surface area contributed by atoms with Gasteiger partial charge in [0, 0.05) is 26.4 Å². The smallest absolute Gasteiger partial charge is 0.228 e. The zero-order valence-corrected chi connectivity index (χ0v) is 16.8. The fraction of sp³-hybridized carbons (Fsp3) is 0.400. The number of aryl methyl sites for hydroxylation is 2. The molecule has 5 heteroatoms. The maximum Gasteiger partial charge on any atom is 0.228 e. The highest BCUT2D eigenvalue weighted by Gasteiger charge is 2.25. The normalized spacial score (nSPS) is 16.3. The van der Waals surface area contributed by atoms with Crippen LogP contribution in [0.25, 0.3) is 0 Å². The third-order valence-corrected chi connectivity index (χ3v) is 5.23. The summed E-state index contributed by atoms with van der Waals surface area (Å²) in [4.78, 5) is 11.2. The van der Waals surface area contributed by atoms with E-state index in [1.165, 1.54) is 16.7 Å². The highest BCUT2D eigenvalue weighted by molar-refractivity contribution is 9.10. The van der Waals surface area contributed by atoms with Crippen LogP contribution in [0.2, 0.25) is 0 Å². The number of benzene rings is 1. The Kier molecular flexibility index (Phi) is 5.42. The van der Waals surface area contributed by atoms with Gasteiger partial charge in [0.15, 0.2) is 0 Å². The van der Waals surface area contributed by atoms with Crippen LogP contribution in [0.1, 0.15) is 29.3 Å². The Balaban J connectivity index is 1.75. The van der Waals surface area contributed by atoms with E-state index < -0.39 is 0 Å². The molecule has 1 aliphatic carbocycles. The molecular weight excluding hydrogens is 378 g/mol. The predicted octanol–water partition coefficient (Wildman–Crippen LogP) is 4.62. The van der Waals surface area contributed by atoms with Gasteiger partial charge in [-0.1, -0.05) is 18.2 Å². The lowest BCUT2D eigenvalue weighted by atomic mass is 10.1. The van der Waals surface area contributed by atoms with Crippen molar-refractivity contribution in [3.8, 4) is 5.88 Å². The van der Waals surface area contributed by atoms with Gasteiger partial charge < -0.3 is 9.64 Å². The van der Waals surface area contributed by atoms with E-state index in [1.807, 2.05) is 31.3 Å². The molecule has 0 saturated carbocycles. The van der Waals surface area contributed by atoms with Gasteiger partial charge in [0.25, 0.3) is 0 Å². The standard InChI is InChI=1S/C20H24BrN3O/c1-5-24(4)12-22-19-11-18(21)20(23-14(19)3)25-16-9-15-8-6-7-13(2)17(15)10-16/h6-8,11-12,16H,5,9-10H2,1-4H3. The lowest BCUT2D eigenvalue weighted by Gasteiger charge is -2.15. The lowest BCUT2D eigenvalue weighted by Crippen LogP contribution is -2.17. The Morgan fingerprint density at radius 2 is 2.16 bits per heavy atom. The fourth-order valence-corrected chi connectivity index (χ4v) is 3.44. The molecule has 1 unspecified atom stereocenters. The van der Waals surface area contributed by atoms with E-state index in [9.17, 15) is 0 Å². The average Bonchev–Trinajstić information content (AvgIpc) is 3.00. The molecule has 1 aliphatic rings.